The summed E-state index contributed by atoms with van der Waals surface area (Å²) in [5, 5.41) is 0. The molecule has 2 rings (SSSR count). The number of hydrogen-bond donors (Lipinski definition) is 0. The van der Waals surface area contributed by atoms with Gasteiger partial charge in [0.05, 0.1) is 6.34 Å². The molecule has 0 saturated carbocycles. The minimum Gasteiger partial charge on any atom is -0.463 e. The molecule has 0 radical (unpaired) electrons. The van der Waals surface area contributed by atoms with E-state index in [1.165, 1.54) is 4.57 Å². The van der Waals surface area contributed by atoms with Gasteiger partial charge in [0.15, 0.2) is 12.0 Å². The average Bonchev–Trinajstić information content (AvgIpc) is 3.00. The van der Waals surface area contributed by atoms with E-state index < -0.39 is 11.9 Å². The van der Waals surface area contributed by atoms with Gasteiger partial charge in [-0.15, -0.1) is 0 Å². The fourth-order valence-corrected chi connectivity index (χ4v) is 2.04. The molecule has 0 aromatic carbocycles. The third kappa shape index (κ3) is 5.02. The topological polar surface area (TPSA) is 86.0 Å². The molecule has 2 heterocycles. The first-order chi connectivity index (χ1) is 11.5. The molecule has 0 fully saturated rings. The molecule has 0 saturated heterocycles. The molecule has 130 valence electrons. The van der Waals surface area contributed by atoms with E-state index in [9.17, 15) is 9.59 Å². The third-order valence-corrected chi connectivity index (χ3v) is 3.18. The van der Waals surface area contributed by atoms with Crippen LogP contribution in [0.1, 0.15) is 26.0 Å². The van der Waals surface area contributed by atoms with E-state index >= 15 is 0 Å². The number of rotatable bonds is 7. The lowest BCUT2D eigenvalue weighted by Crippen LogP contribution is -2.27. The molecule has 0 aliphatic carbocycles. The Balaban J connectivity index is 1.95. The van der Waals surface area contributed by atoms with Gasteiger partial charge in [0.2, 0.25) is 0 Å². The lowest BCUT2D eigenvalue weighted by molar-refractivity contribution is -0.147. The summed E-state index contributed by atoms with van der Waals surface area (Å²) < 4.78 is 12.2. The highest BCUT2D eigenvalue weighted by Gasteiger charge is 2.22. The van der Waals surface area contributed by atoms with Crippen LogP contribution in [-0.4, -0.2) is 53.6 Å². The second-order valence-electron chi connectivity index (χ2n) is 5.57. The van der Waals surface area contributed by atoms with Gasteiger partial charge in [0.1, 0.15) is 12.7 Å². The van der Waals surface area contributed by atoms with Crippen molar-refractivity contribution >= 4 is 18.1 Å². The monoisotopic (exact) mass is 334 g/mol. The van der Waals surface area contributed by atoms with Crippen molar-refractivity contribution in [1.82, 2.24) is 14.5 Å². The summed E-state index contributed by atoms with van der Waals surface area (Å²) in [4.78, 5) is 33.2. The van der Waals surface area contributed by atoms with E-state index in [0.29, 0.717) is 12.2 Å². The summed E-state index contributed by atoms with van der Waals surface area (Å²) in [7, 11) is 3.66. The van der Waals surface area contributed by atoms with E-state index in [1.54, 1.807) is 35.7 Å². The molecule has 1 aliphatic heterocycles. The zero-order valence-corrected chi connectivity index (χ0v) is 14.1. The Morgan fingerprint density at radius 3 is 2.96 bits per heavy atom. The van der Waals surface area contributed by atoms with Gasteiger partial charge in [-0.3, -0.25) is 9.36 Å². The summed E-state index contributed by atoms with van der Waals surface area (Å²) in [6, 6.07) is 1.63. The van der Waals surface area contributed by atoms with Crippen molar-refractivity contribution in [2.24, 2.45) is 4.99 Å². The Kier molecular flexibility index (Phi) is 6.25. The highest BCUT2D eigenvalue weighted by atomic mass is 16.6. The predicted octanol–water partition coefficient (Wildman–Crippen LogP) is 1.26. The van der Waals surface area contributed by atoms with Crippen LogP contribution in [0.4, 0.5) is 5.82 Å². The lowest BCUT2D eigenvalue weighted by Gasteiger charge is -2.16. The quantitative estimate of drug-likeness (QED) is 0.323. The number of esters is 1. The van der Waals surface area contributed by atoms with Crippen LogP contribution < -0.4 is 5.69 Å². The van der Waals surface area contributed by atoms with E-state index in [4.69, 9.17) is 9.47 Å². The van der Waals surface area contributed by atoms with Crippen molar-refractivity contribution in [3.8, 4) is 0 Å². The number of carbonyl (C=O) groups excluding carboxylic acids is 1. The molecule has 1 aliphatic rings. The van der Waals surface area contributed by atoms with Crippen molar-refractivity contribution in [3.05, 3.63) is 34.9 Å². The molecule has 8 nitrogen and oxygen atoms in total. The molecular weight excluding hydrogens is 312 g/mol. The van der Waals surface area contributed by atoms with E-state index in [2.05, 4.69) is 9.98 Å². The number of aromatic nitrogens is 2. The molecule has 0 unspecified atom stereocenters. The van der Waals surface area contributed by atoms with Crippen molar-refractivity contribution in [3.63, 3.8) is 0 Å². The molecular formula is C16H22N4O4. The van der Waals surface area contributed by atoms with E-state index in [0.717, 1.165) is 6.42 Å². The minimum absolute atomic E-state index is 0.138. The van der Waals surface area contributed by atoms with Gasteiger partial charge in [0.25, 0.3) is 0 Å². The fourth-order valence-electron chi connectivity index (χ4n) is 2.04. The zero-order chi connectivity index (χ0) is 17.5. The maximum Gasteiger partial charge on any atom is 0.351 e. The van der Waals surface area contributed by atoms with Gasteiger partial charge in [0, 0.05) is 26.7 Å². The highest BCUT2D eigenvalue weighted by molar-refractivity contribution is 5.69. The third-order valence-electron chi connectivity index (χ3n) is 3.18. The standard InChI is InChI=1S/C16H22N4O4/c1-4-5-15(21)23-10-12-6-7-14(24-12)20-9-8-13(18-16(20)22)17-11-19(2)3/h6-9,11-12,14H,4-5,10H2,1-3H3/t12-,14+/m0/s1. The number of nitrogens with zero attached hydrogens (tertiary/aromatic N) is 4. The van der Waals surface area contributed by atoms with Crippen LogP contribution in [0, 0.1) is 0 Å². The van der Waals surface area contributed by atoms with Gasteiger partial charge < -0.3 is 14.4 Å². The minimum atomic E-state index is -0.563. The van der Waals surface area contributed by atoms with Crippen molar-refractivity contribution in [2.75, 3.05) is 20.7 Å². The Morgan fingerprint density at radius 2 is 2.29 bits per heavy atom. The SMILES string of the molecule is CCCC(=O)OC[C@@H]1C=C[C@H](n2ccc(N=CN(C)C)nc2=O)O1. The molecule has 0 N–H and O–H groups in total. The summed E-state index contributed by atoms with van der Waals surface area (Å²) >= 11 is 0. The molecule has 1 aromatic rings. The van der Waals surface area contributed by atoms with E-state index in [-0.39, 0.29) is 18.7 Å². The van der Waals surface area contributed by atoms with Gasteiger partial charge >= 0.3 is 11.7 Å². The zero-order valence-electron chi connectivity index (χ0n) is 14.1. The maximum atomic E-state index is 12.1. The van der Waals surface area contributed by atoms with Crippen molar-refractivity contribution < 1.29 is 14.3 Å². The summed E-state index contributed by atoms with van der Waals surface area (Å²) in [6.45, 7) is 2.05. The predicted molar refractivity (Wildman–Crippen MR) is 89.3 cm³/mol. The number of hydrogen-bond acceptors (Lipinski definition) is 6. The molecule has 0 bridgehead atoms. The normalized spacial score (nSPS) is 19.8. The number of ether oxygens (including phenoxy) is 2. The largest absolute Gasteiger partial charge is 0.463 e. The molecule has 0 spiro atoms. The first kappa shape index (κ1) is 17.9. The van der Waals surface area contributed by atoms with Crippen LogP contribution in [0.25, 0.3) is 0 Å². The van der Waals surface area contributed by atoms with Gasteiger partial charge in [-0.25, -0.2) is 9.79 Å². The van der Waals surface area contributed by atoms with Crippen LogP contribution in [-0.2, 0) is 14.3 Å². The van der Waals surface area contributed by atoms with Crippen LogP contribution in [0.15, 0.2) is 34.2 Å². The lowest BCUT2D eigenvalue weighted by atomic mass is 10.3. The maximum absolute atomic E-state index is 12.1. The Labute approximate surface area is 140 Å². The molecule has 24 heavy (non-hydrogen) atoms. The van der Waals surface area contributed by atoms with Crippen molar-refractivity contribution in [2.45, 2.75) is 32.1 Å². The van der Waals surface area contributed by atoms with Crippen LogP contribution in [0.3, 0.4) is 0 Å². The number of carbonyl (C=O) groups is 1. The second kappa shape index (κ2) is 8.39. The van der Waals surface area contributed by atoms with Crippen LogP contribution in [0.5, 0.6) is 0 Å². The first-order valence-corrected chi connectivity index (χ1v) is 7.79. The number of aliphatic imine (C=N–C) groups is 1. The van der Waals surface area contributed by atoms with Gasteiger partial charge in [-0.2, -0.15) is 4.98 Å². The van der Waals surface area contributed by atoms with Gasteiger partial charge in [-0.05, 0) is 18.6 Å². The van der Waals surface area contributed by atoms with Crippen LogP contribution >= 0.6 is 0 Å². The Morgan fingerprint density at radius 1 is 1.50 bits per heavy atom. The molecule has 1 aromatic heterocycles. The van der Waals surface area contributed by atoms with E-state index in [1.807, 2.05) is 21.0 Å². The molecule has 2 atom stereocenters. The molecule has 8 heteroatoms. The summed E-state index contributed by atoms with van der Waals surface area (Å²) in [5.41, 5.74) is -0.457. The summed E-state index contributed by atoms with van der Waals surface area (Å²) in [6.07, 6.45) is 6.86. The first-order valence-electron chi connectivity index (χ1n) is 7.79. The Hall–Kier alpha value is -2.48. The summed E-state index contributed by atoms with van der Waals surface area (Å²) in [5.74, 6) is 0.0804. The van der Waals surface area contributed by atoms with Crippen LogP contribution in [0.2, 0.25) is 0 Å². The smallest absolute Gasteiger partial charge is 0.351 e. The fraction of sp³-hybridized carbons (Fsp3) is 0.500. The highest BCUT2D eigenvalue weighted by Crippen LogP contribution is 2.20. The Bertz CT molecular complexity index is 681. The molecule has 0 amide bonds. The van der Waals surface area contributed by atoms with Gasteiger partial charge in [-0.1, -0.05) is 13.0 Å². The second-order valence-corrected chi connectivity index (χ2v) is 5.57. The van der Waals surface area contributed by atoms with Crippen molar-refractivity contribution in [1.29, 1.82) is 0 Å². The average molecular weight is 334 g/mol.